The van der Waals surface area contributed by atoms with Crippen LogP contribution in [0.4, 0.5) is 0 Å². The van der Waals surface area contributed by atoms with Crippen molar-refractivity contribution in [1.82, 2.24) is 4.90 Å². The van der Waals surface area contributed by atoms with Gasteiger partial charge in [0.2, 0.25) is 0 Å². The van der Waals surface area contributed by atoms with Gasteiger partial charge in [-0.25, -0.2) is 0 Å². The molecule has 0 aliphatic carbocycles. The first-order valence-corrected chi connectivity index (χ1v) is 7.74. The molecule has 112 valence electrons. The molecular weight excluding hydrogens is 285 g/mol. The zero-order chi connectivity index (χ0) is 15.6. The lowest BCUT2D eigenvalue weighted by Gasteiger charge is -2.25. The summed E-state index contributed by atoms with van der Waals surface area (Å²) in [4.78, 5) is 37.5. The van der Waals surface area contributed by atoms with Crippen molar-refractivity contribution in [1.29, 1.82) is 0 Å². The number of benzene rings is 1. The van der Waals surface area contributed by atoms with E-state index in [2.05, 4.69) is 9.24 Å². The van der Waals surface area contributed by atoms with Crippen LogP contribution in [0.5, 0.6) is 0 Å². The van der Waals surface area contributed by atoms with Crippen molar-refractivity contribution in [3.05, 3.63) is 29.3 Å². The number of amides is 1. The van der Waals surface area contributed by atoms with Gasteiger partial charge in [-0.3, -0.25) is 14.4 Å². The third kappa shape index (κ3) is 3.21. The monoisotopic (exact) mass is 305 g/mol. The van der Waals surface area contributed by atoms with Gasteiger partial charge >= 0.3 is 0 Å². The molecule has 1 amide bonds. The molecule has 0 aromatic heterocycles. The normalized spacial score (nSPS) is 15.0. The second-order valence-electron chi connectivity index (χ2n) is 5.36. The van der Waals surface area contributed by atoms with E-state index >= 15 is 0 Å². The Balaban J connectivity index is 2.20. The Morgan fingerprint density at radius 2 is 2.10 bits per heavy atom. The smallest absolute Gasteiger partial charge is 0.255 e. The SMILES string of the molecule is CCC(=O)CCC(C(C)=O)N1Cc2c(P)cccc2C1=O. The lowest BCUT2D eigenvalue weighted by Crippen LogP contribution is -2.40. The second kappa shape index (κ2) is 6.48. The van der Waals surface area contributed by atoms with Crippen molar-refractivity contribution >= 4 is 32.0 Å². The summed E-state index contributed by atoms with van der Waals surface area (Å²) in [5, 5.41) is 0.982. The van der Waals surface area contributed by atoms with Crippen molar-refractivity contribution < 1.29 is 14.4 Å². The molecule has 0 radical (unpaired) electrons. The highest BCUT2D eigenvalue weighted by atomic mass is 31.0. The highest BCUT2D eigenvalue weighted by molar-refractivity contribution is 7.27. The molecule has 21 heavy (non-hydrogen) atoms. The van der Waals surface area contributed by atoms with Crippen LogP contribution in [0.25, 0.3) is 0 Å². The van der Waals surface area contributed by atoms with Crippen LogP contribution in [0.1, 0.15) is 49.0 Å². The molecule has 1 heterocycles. The highest BCUT2D eigenvalue weighted by Gasteiger charge is 2.35. The van der Waals surface area contributed by atoms with E-state index in [1.165, 1.54) is 6.92 Å². The van der Waals surface area contributed by atoms with Crippen molar-refractivity contribution in [2.45, 2.75) is 45.7 Å². The number of hydrogen-bond donors (Lipinski definition) is 0. The lowest BCUT2D eigenvalue weighted by molar-refractivity contribution is -0.122. The predicted molar refractivity (Wildman–Crippen MR) is 84.7 cm³/mol. The number of Topliss-reactive ketones (excluding diaryl/α,β-unsaturated/α-hetero) is 2. The van der Waals surface area contributed by atoms with Crippen LogP contribution in [-0.2, 0) is 16.1 Å². The largest absolute Gasteiger partial charge is 0.324 e. The van der Waals surface area contributed by atoms with Crippen LogP contribution >= 0.6 is 9.24 Å². The predicted octanol–water partition coefficient (Wildman–Crippen LogP) is 1.86. The highest BCUT2D eigenvalue weighted by Crippen LogP contribution is 2.26. The fraction of sp³-hybridized carbons (Fsp3) is 0.438. The molecule has 0 N–H and O–H groups in total. The van der Waals surface area contributed by atoms with Gasteiger partial charge in [-0.05, 0) is 30.3 Å². The van der Waals surface area contributed by atoms with Crippen molar-refractivity contribution in [2.24, 2.45) is 0 Å². The van der Waals surface area contributed by atoms with Gasteiger partial charge in [-0.1, -0.05) is 19.1 Å². The zero-order valence-corrected chi connectivity index (χ0v) is 13.5. The number of rotatable bonds is 6. The second-order valence-corrected chi connectivity index (χ2v) is 5.99. The Morgan fingerprint density at radius 1 is 1.38 bits per heavy atom. The standard InChI is InChI=1S/C16H20NO3P/c1-3-11(19)7-8-14(10(2)18)17-9-13-12(16(17)20)5-4-6-15(13)21/h4-6,14H,3,7-9,21H2,1-2H3. The first kappa shape index (κ1) is 15.8. The van der Waals surface area contributed by atoms with Gasteiger partial charge in [0.25, 0.3) is 5.91 Å². The van der Waals surface area contributed by atoms with Gasteiger partial charge in [0.15, 0.2) is 5.78 Å². The molecule has 2 rings (SSSR count). The topological polar surface area (TPSA) is 54.5 Å². The van der Waals surface area contributed by atoms with Crippen LogP contribution in [0.3, 0.4) is 0 Å². The number of hydrogen-bond acceptors (Lipinski definition) is 3. The van der Waals surface area contributed by atoms with E-state index in [9.17, 15) is 14.4 Å². The first-order valence-electron chi connectivity index (χ1n) is 7.16. The Morgan fingerprint density at radius 3 is 2.67 bits per heavy atom. The molecule has 2 atom stereocenters. The van der Waals surface area contributed by atoms with Crippen LogP contribution < -0.4 is 5.30 Å². The van der Waals surface area contributed by atoms with Crippen molar-refractivity contribution in [3.8, 4) is 0 Å². The first-order chi connectivity index (χ1) is 9.95. The summed E-state index contributed by atoms with van der Waals surface area (Å²) >= 11 is 0. The minimum Gasteiger partial charge on any atom is -0.324 e. The molecular formula is C16H20NO3P. The Labute approximate surface area is 127 Å². The third-order valence-electron chi connectivity index (χ3n) is 3.97. The maximum Gasteiger partial charge on any atom is 0.255 e. The zero-order valence-electron chi connectivity index (χ0n) is 12.4. The molecule has 0 saturated carbocycles. The summed E-state index contributed by atoms with van der Waals surface area (Å²) < 4.78 is 0. The average Bonchev–Trinajstić information content (AvgIpc) is 2.78. The molecule has 1 aromatic carbocycles. The van der Waals surface area contributed by atoms with E-state index in [0.717, 1.165) is 10.9 Å². The third-order valence-corrected chi connectivity index (χ3v) is 4.51. The van der Waals surface area contributed by atoms with Gasteiger partial charge < -0.3 is 4.90 Å². The average molecular weight is 305 g/mol. The molecule has 0 bridgehead atoms. The van der Waals surface area contributed by atoms with Crippen LogP contribution in [0.2, 0.25) is 0 Å². The molecule has 4 nitrogen and oxygen atoms in total. The lowest BCUT2D eigenvalue weighted by atomic mass is 10.0. The van der Waals surface area contributed by atoms with Gasteiger partial charge in [0, 0.05) is 24.9 Å². The minimum atomic E-state index is -0.509. The Hall–Kier alpha value is -1.54. The fourth-order valence-electron chi connectivity index (χ4n) is 2.68. The van der Waals surface area contributed by atoms with E-state index in [1.807, 2.05) is 19.1 Å². The van der Waals surface area contributed by atoms with Gasteiger partial charge in [0.1, 0.15) is 5.78 Å². The molecule has 1 aromatic rings. The summed E-state index contributed by atoms with van der Waals surface area (Å²) in [7, 11) is 2.63. The van der Waals surface area contributed by atoms with Crippen molar-refractivity contribution in [3.63, 3.8) is 0 Å². The summed E-state index contributed by atoms with van der Waals surface area (Å²) in [6, 6.07) is 5.06. The summed E-state index contributed by atoms with van der Waals surface area (Å²) in [5.74, 6) is -0.0547. The fourth-order valence-corrected chi connectivity index (χ4v) is 3.04. The molecule has 0 saturated heterocycles. The van der Waals surface area contributed by atoms with Crippen molar-refractivity contribution in [2.75, 3.05) is 0 Å². The molecule has 1 aliphatic rings. The maximum atomic E-state index is 12.5. The minimum absolute atomic E-state index is 0.0645. The van der Waals surface area contributed by atoms with E-state index in [0.29, 0.717) is 31.4 Å². The summed E-state index contributed by atoms with van der Waals surface area (Å²) in [6.45, 7) is 3.74. The van der Waals surface area contributed by atoms with Crippen LogP contribution in [-0.4, -0.2) is 28.4 Å². The van der Waals surface area contributed by atoms with E-state index in [4.69, 9.17) is 0 Å². The summed E-state index contributed by atoms with van der Waals surface area (Å²) in [5.41, 5.74) is 1.62. The quantitative estimate of drug-likeness (QED) is 0.754. The summed E-state index contributed by atoms with van der Waals surface area (Å²) in [6.07, 6.45) is 1.22. The number of ketones is 2. The van der Waals surface area contributed by atoms with E-state index < -0.39 is 6.04 Å². The van der Waals surface area contributed by atoms with E-state index in [1.54, 1.807) is 11.0 Å². The molecule has 0 spiro atoms. The molecule has 0 fully saturated rings. The number of nitrogens with zero attached hydrogens (tertiary/aromatic N) is 1. The van der Waals surface area contributed by atoms with Crippen LogP contribution in [0, 0.1) is 0 Å². The molecule has 2 unspecified atom stereocenters. The van der Waals surface area contributed by atoms with Crippen LogP contribution in [0.15, 0.2) is 18.2 Å². The van der Waals surface area contributed by atoms with E-state index in [-0.39, 0.29) is 17.5 Å². The molecule has 1 aliphatic heterocycles. The number of carbonyl (C=O) groups is 3. The molecule has 5 heteroatoms. The number of carbonyl (C=O) groups excluding carboxylic acids is 3. The Kier molecular flexibility index (Phi) is 4.89. The van der Waals surface area contributed by atoms with Gasteiger partial charge in [-0.2, -0.15) is 0 Å². The Bertz CT molecular complexity index is 597. The van der Waals surface area contributed by atoms with Gasteiger partial charge in [0.05, 0.1) is 6.04 Å². The van der Waals surface area contributed by atoms with Gasteiger partial charge in [-0.15, -0.1) is 9.24 Å². The maximum absolute atomic E-state index is 12.5. The number of fused-ring (bicyclic) bond motifs is 1.